The first-order valence-electron chi connectivity index (χ1n) is 7.78. The van der Waals surface area contributed by atoms with E-state index >= 15 is 0 Å². The Morgan fingerprint density at radius 3 is 2.67 bits per heavy atom. The van der Waals surface area contributed by atoms with E-state index in [1.54, 1.807) is 0 Å². The van der Waals surface area contributed by atoms with Crippen LogP contribution in [0.15, 0.2) is 47.3 Å². The Kier molecular flexibility index (Phi) is 6.31. The predicted molar refractivity (Wildman–Crippen MR) is 90.7 cm³/mol. The number of carbonyl (C=O) groups is 1. The summed E-state index contributed by atoms with van der Waals surface area (Å²) in [4.78, 5) is 12.7. The van der Waals surface area contributed by atoms with Crippen molar-refractivity contribution in [2.75, 3.05) is 0 Å². The number of benzene rings is 1. The van der Waals surface area contributed by atoms with E-state index in [1.165, 1.54) is 12.0 Å². The van der Waals surface area contributed by atoms with E-state index in [0.717, 1.165) is 42.1 Å². The van der Waals surface area contributed by atoms with Crippen molar-refractivity contribution in [1.29, 1.82) is 0 Å². The van der Waals surface area contributed by atoms with Gasteiger partial charge in [0.1, 0.15) is 0 Å². The molecule has 0 aliphatic carbocycles. The molecular formula is C18H21N3O3. The molecule has 0 atom stereocenters. The minimum atomic E-state index is -0.250. The number of carboxylic acid groups (broad SMARTS) is 1. The molecule has 0 saturated heterocycles. The Bertz CT molecular complexity index is 763. The second-order valence-corrected chi connectivity index (χ2v) is 5.26. The lowest BCUT2D eigenvalue weighted by Crippen LogP contribution is -2.01. The molecule has 126 valence electrons. The molecule has 3 aromatic rings. The largest absolute Gasteiger partial charge is 0.483 e. The van der Waals surface area contributed by atoms with Crippen LogP contribution in [0.3, 0.4) is 0 Å². The van der Waals surface area contributed by atoms with E-state index < -0.39 is 0 Å². The lowest BCUT2D eigenvalue weighted by Gasteiger charge is -2.04. The third-order valence-corrected chi connectivity index (χ3v) is 3.64. The van der Waals surface area contributed by atoms with Crippen molar-refractivity contribution in [3.63, 3.8) is 0 Å². The maximum Gasteiger partial charge on any atom is 0.290 e. The van der Waals surface area contributed by atoms with Crippen LogP contribution in [0.25, 0.3) is 11.3 Å². The van der Waals surface area contributed by atoms with Crippen LogP contribution in [0, 0.1) is 6.92 Å². The number of hydrogen-bond acceptors (Lipinski definition) is 4. The van der Waals surface area contributed by atoms with Gasteiger partial charge in [-0.25, -0.2) is 4.98 Å². The zero-order chi connectivity index (χ0) is 17.4. The molecule has 0 spiro atoms. The van der Waals surface area contributed by atoms with Gasteiger partial charge in [-0.15, -0.1) is 0 Å². The smallest absolute Gasteiger partial charge is 0.290 e. The topological polar surface area (TPSA) is 81.2 Å². The van der Waals surface area contributed by atoms with Crippen LogP contribution in [0.5, 0.6) is 0 Å². The highest BCUT2D eigenvalue weighted by atomic mass is 16.3. The summed E-state index contributed by atoms with van der Waals surface area (Å²) in [5.74, 6) is 0.832. The van der Waals surface area contributed by atoms with Crippen molar-refractivity contribution < 1.29 is 14.3 Å². The molecule has 0 unspecified atom stereocenters. The summed E-state index contributed by atoms with van der Waals surface area (Å²) in [6.07, 6.45) is 5.23. The summed E-state index contributed by atoms with van der Waals surface area (Å²) in [5.41, 5.74) is 4.35. The van der Waals surface area contributed by atoms with Crippen molar-refractivity contribution in [1.82, 2.24) is 14.8 Å². The van der Waals surface area contributed by atoms with Gasteiger partial charge in [0, 0.05) is 18.7 Å². The molecule has 0 saturated carbocycles. The van der Waals surface area contributed by atoms with Crippen LogP contribution in [-0.4, -0.2) is 26.3 Å². The van der Waals surface area contributed by atoms with E-state index in [1.807, 2.05) is 29.1 Å². The lowest BCUT2D eigenvalue weighted by molar-refractivity contribution is -0.122. The maximum absolute atomic E-state index is 8.36. The standard InChI is InChI=1S/C17H19N3O.CH2O2/c1-3-9-20-13(2)15(11-19-20)17-16(18-12-21-17)10-14-7-5-4-6-8-14;2-1-3/h4-8,11-12H,3,9-10H2,1-2H3;1H,(H,2,3). The van der Waals surface area contributed by atoms with Crippen LogP contribution in [0.2, 0.25) is 0 Å². The van der Waals surface area contributed by atoms with Crippen LogP contribution in [0.4, 0.5) is 0 Å². The minimum Gasteiger partial charge on any atom is -0.483 e. The quantitative estimate of drug-likeness (QED) is 0.725. The highest BCUT2D eigenvalue weighted by Gasteiger charge is 2.16. The molecule has 0 amide bonds. The lowest BCUT2D eigenvalue weighted by atomic mass is 10.1. The Balaban J connectivity index is 0.000000647. The molecule has 0 fully saturated rings. The normalized spacial score (nSPS) is 10.1. The first kappa shape index (κ1) is 17.5. The molecule has 3 rings (SSSR count). The van der Waals surface area contributed by atoms with E-state index in [9.17, 15) is 0 Å². The molecule has 0 bridgehead atoms. The van der Waals surface area contributed by atoms with Crippen molar-refractivity contribution in [2.45, 2.75) is 33.2 Å². The molecular weight excluding hydrogens is 306 g/mol. The molecule has 0 radical (unpaired) electrons. The highest BCUT2D eigenvalue weighted by Crippen LogP contribution is 2.27. The van der Waals surface area contributed by atoms with Gasteiger partial charge >= 0.3 is 0 Å². The molecule has 0 aliphatic rings. The van der Waals surface area contributed by atoms with Gasteiger partial charge in [0.25, 0.3) is 6.47 Å². The maximum atomic E-state index is 8.36. The number of aromatic nitrogens is 3. The zero-order valence-corrected chi connectivity index (χ0v) is 13.8. The third-order valence-electron chi connectivity index (χ3n) is 3.64. The van der Waals surface area contributed by atoms with Gasteiger partial charge in [-0.3, -0.25) is 9.48 Å². The van der Waals surface area contributed by atoms with E-state index in [4.69, 9.17) is 14.3 Å². The van der Waals surface area contributed by atoms with Gasteiger partial charge < -0.3 is 9.52 Å². The van der Waals surface area contributed by atoms with Gasteiger partial charge in [-0.05, 0) is 18.9 Å². The molecule has 1 N–H and O–H groups in total. The number of aryl methyl sites for hydroxylation is 1. The molecule has 0 aliphatic heterocycles. The second-order valence-electron chi connectivity index (χ2n) is 5.26. The summed E-state index contributed by atoms with van der Waals surface area (Å²) in [6.45, 7) is 4.90. The summed E-state index contributed by atoms with van der Waals surface area (Å²) in [7, 11) is 0. The Labute approximate surface area is 140 Å². The number of rotatable bonds is 5. The van der Waals surface area contributed by atoms with Gasteiger partial charge in [-0.2, -0.15) is 5.10 Å². The molecule has 24 heavy (non-hydrogen) atoms. The minimum absolute atomic E-state index is 0.250. The summed E-state index contributed by atoms with van der Waals surface area (Å²) in [5, 5.41) is 11.3. The molecule has 6 nitrogen and oxygen atoms in total. The molecule has 2 heterocycles. The number of oxazole rings is 1. The fourth-order valence-corrected chi connectivity index (χ4v) is 2.51. The average Bonchev–Trinajstić information content (AvgIpc) is 3.17. The van der Waals surface area contributed by atoms with E-state index in [0.29, 0.717) is 0 Å². The molecule has 1 aromatic carbocycles. The van der Waals surface area contributed by atoms with Crippen LogP contribution in [-0.2, 0) is 17.8 Å². The van der Waals surface area contributed by atoms with Gasteiger partial charge in [-0.1, -0.05) is 37.3 Å². The first-order chi connectivity index (χ1) is 11.7. The van der Waals surface area contributed by atoms with Crippen molar-refractivity contribution >= 4 is 6.47 Å². The summed E-state index contributed by atoms with van der Waals surface area (Å²) in [6, 6.07) is 10.3. The van der Waals surface area contributed by atoms with E-state index in [2.05, 4.69) is 36.1 Å². The molecule has 6 heteroatoms. The predicted octanol–water partition coefficient (Wildman–Crippen LogP) is 3.55. The van der Waals surface area contributed by atoms with Crippen molar-refractivity contribution in [3.05, 3.63) is 59.9 Å². The van der Waals surface area contributed by atoms with E-state index in [-0.39, 0.29) is 6.47 Å². The Morgan fingerprint density at radius 2 is 2.00 bits per heavy atom. The van der Waals surface area contributed by atoms with Gasteiger partial charge in [0.05, 0.1) is 17.5 Å². The van der Waals surface area contributed by atoms with Crippen LogP contribution >= 0.6 is 0 Å². The zero-order valence-electron chi connectivity index (χ0n) is 13.8. The van der Waals surface area contributed by atoms with Crippen molar-refractivity contribution in [2.24, 2.45) is 0 Å². The number of hydrogen-bond donors (Lipinski definition) is 1. The third kappa shape index (κ3) is 4.10. The van der Waals surface area contributed by atoms with Crippen LogP contribution in [0.1, 0.15) is 30.3 Å². The van der Waals surface area contributed by atoms with Gasteiger partial charge in [0.2, 0.25) is 0 Å². The van der Waals surface area contributed by atoms with Crippen LogP contribution < -0.4 is 0 Å². The van der Waals surface area contributed by atoms with Crippen molar-refractivity contribution in [3.8, 4) is 11.3 Å². The Morgan fingerprint density at radius 1 is 1.29 bits per heavy atom. The first-order valence-corrected chi connectivity index (χ1v) is 7.78. The molecule has 2 aromatic heterocycles. The Hall–Kier alpha value is -2.89. The summed E-state index contributed by atoms with van der Waals surface area (Å²) < 4.78 is 7.65. The fourth-order valence-electron chi connectivity index (χ4n) is 2.51. The number of nitrogens with zero attached hydrogens (tertiary/aromatic N) is 3. The average molecular weight is 327 g/mol. The highest BCUT2D eigenvalue weighted by molar-refractivity contribution is 5.62. The second kappa shape index (κ2) is 8.67. The monoisotopic (exact) mass is 327 g/mol. The van der Waals surface area contributed by atoms with Gasteiger partial charge in [0.15, 0.2) is 12.2 Å². The summed E-state index contributed by atoms with van der Waals surface area (Å²) >= 11 is 0. The SMILES string of the molecule is CCCn1ncc(-c2ocnc2Cc2ccccc2)c1C.O=CO. The fraction of sp³-hybridized carbons (Fsp3) is 0.278.